The molecule has 7 aliphatic heterocycles. The predicted molar refractivity (Wildman–Crippen MR) is 444 cm³/mol. The van der Waals surface area contributed by atoms with E-state index in [9.17, 15) is 60.3 Å². The summed E-state index contributed by atoms with van der Waals surface area (Å²) in [6.45, 7) is 9.76. The van der Waals surface area contributed by atoms with Crippen molar-refractivity contribution in [1.82, 2.24) is 47.5 Å². The number of aliphatic hydroxyl groups is 5. The van der Waals surface area contributed by atoms with Crippen LogP contribution in [0.1, 0.15) is 163 Å². The molecule has 0 saturated carbocycles. The number of hydrogen-bond acceptors (Lipinski definition) is 27. The van der Waals surface area contributed by atoms with Gasteiger partial charge in [-0.3, -0.25) is 33.6 Å². The minimum absolute atomic E-state index is 0.0687. The highest BCUT2D eigenvalue weighted by atomic mass is 35.5. The number of phenolic OH excluding ortho intramolecular Hbond substituents is 3. The lowest BCUT2D eigenvalue weighted by molar-refractivity contribution is -0.330. The van der Waals surface area contributed by atoms with Crippen molar-refractivity contribution in [3.05, 3.63) is 140 Å². The van der Waals surface area contributed by atoms with Crippen LogP contribution in [0.5, 0.6) is 46.0 Å². The Labute approximate surface area is 718 Å². The van der Waals surface area contributed by atoms with Crippen LogP contribution in [0.25, 0.3) is 21.3 Å². The third-order valence-corrected chi connectivity index (χ3v) is 24.9. The van der Waals surface area contributed by atoms with E-state index in [0.717, 1.165) is 116 Å². The van der Waals surface area contributed by atoms with Crippen LogP contribution in [0.15, 0.2) is 101 Å². The molecule has 6 aromatic carbocycles. The van der Waals surface area contributed by atoms with Gasteiger partial charge in [0.1, 0.15) is 83.4 Å². The van der Waals surface area contributed by atoms with Crippen molar-refractivity contribution >= 4 is 115 Å². The van der Waals surface area contributed by atoms with Crippen LogP contribution in [-0.2, 0) is 52.6 Å². The molecule has 7 amide bonds. The molecule has 33 nitrogen and oxygen atoms in total. The maximum atomic E-state index is 16.4. The van der Waals surface area contributed by atoms with Crippen LogP contribution in [0, 0.1) is 5.92 Å². The molecular weight excluding hydrogens is 1680 g/mol. The predicted octanol–water partition coefficient (Wildman–Crippen LogP) is 7.94. The largest absolute Gasteiger partial charge is 0.508 e. The summed E-state index contributed by atoms with van der Waals surface area (Å²) in [5.41, 5.74) is 2.57. The van der Waals surface area contributed by atoms with E-state index < -0.39 is 225 Å². The second-order valence-corrected chi connectivity index (χ2v) is 34.8. The molecule has 2 saturated heterocycles. The number of carboxylic acid groups (broad SMARTS) is 1. The summed E-state index contributed by atoms with van der Waals surface area (Å²) in [6.07, 6.45) is -9.19. The number of phenols is 3. The van der Waals surface area contributed by atoms with Crippen molar-refractivity contribution in [2.75, 3.05) is 19.3 Å². The van der Waals surface area contributed by atoms with Gasteiger partial charge in [0, 0.05) is 45.5 Å². The number of primary amides is 1. The fourth-order valence-corrected chi connectivity index (χ4v) is 18.1. The Morgan fingerprint density at radius 1 is 0.702 bits per heavy atom. The van der Waals surface area contributed by atoms with Gasteiger partial charge in [0.25, 0.3) is 0 Å². The van der Waals surface area contributed by atoms with Crippen molar-refractivity contribution in [2.24, 2.45) is 11.7 Å². The van der Waals surface area contributed by atoms with Gasteiger partial charge in [0.05, 0.1) is 51.0 Å². The highest BCUT2D eigenvalue weighted by molar-refractivity contribution is 8.01. The van der Waals surface area contributed by atoms with E-state index in [-0.39, 0.29) is 57.7 Å². The number of carbonyl (C=O) groups excluding carboxylic acids is 7. The monoisotopic (exact) mass is 1770 g/mol. The molecule has 2 fully saturated rings. The third-order valence-electron chi connectivity index (χ3n) is 21.8. The number of fused-ring (bicyclic) bond motifs is 16. The van der Waals surface area contributed by atoms with Gasteiger partial charge in [-0.25, -0.2) is 9.78 Å². The molecule has 7 aliphatic rings. The van der Waals surface area contributed by atoms with Gasteiger partial charge in [-0.05, 0) is 141 Å². The molecule has 0 aliphatic carbocycles. The third kappa shape index (κ3) is 21.1. The maximum Gasteiger partial charge on any atom is 0.330 e. The summed E-state index contributed by atoms with van der Waals surface area (Å²) in [4.78, 5) is 124. The molecule has 1 aromatic heterocycles. The number of aliphatic hydroxyl groups excluding tert-OH is 5. The first-order valence-electron chi connectivity index (χ1n) is 39.6. The summed E-state index contributed by atoms with van der Waals surface area (Å²) in [7, 11) is 1.49. The summed E-state index contributed by atoms with van der Waals surface area (Å²) >= 11 is 23.3. The van der Waals surface area contributed by atoms with Crippen molar-refractivity contribution in [2.45, 2.75) is 219 Å². The number of nitrogens with zero attached hydrogens (tertiary/aromatic N) is 1. The second-order valence-electron chi connectivity index (χ2n) is 31.2. The Kier molecular flexibility index (Phi) is 29.6. The highest BCUT2D eigenvalue weighted by Gasteiger charge is 2.52. The molecule has 7 aromatic rings. The summed E-state index contributed by atoms with van der Waals surface area (Å²) < 4.78 is 42.1. The average molecular weight is 1770 g/mol. The molecule has 38 heteroatoms. The van der Waals surface area contributed by atoms with Crippen LogP contribution < -0.4 is 62.5 Å². The molecule has 650 valence electrons. The van der Waals surface area contributed by atoms with Crippen LogP contribution in [0.3, 0.4) is 0 Å². The SMILES string of the molecule is CCCCCCCCCCNC1(C)CC(OC2C(Oc3c4cc5cc3Oc3ccc(cc3Cl)[C@@H](O)[C@@H](NC(=O)[C@H](CC(C)C)NC)C(=O)N[C@@H](CC(N)=O)C(=O)N[C@H]5C(=O)NC3C(=O)N[C@H](C(=O)N[C@@H](C(=O)O)c5cc(O)cc(O)c5-c5cc3ccc5O)[C@H](O)c3ccc(c(Cl)c3)O4)OC(CSc3nc4cc(Cl)ccc4s3)C(O)C2O)OC(C)C1O. The minimum Gasteiger partial charge on any atom is -0.508 e. The number of aromatic nitrogens is 1. The summed E-state index contributed by atoms with van der Waals surface area (Å²) in [6, 6.07) is 5.01. The van der Waals surface area contributed by atoms with Crippen molar-refractivity contribution in [3.63, 3.8) is 0 Å². The van der Waals surface area contributed by atoms with Crippen LogP contribution in [-0.4, -0.2) is 197 Å². The molecule has 18 atom stereocenters. The van der Waals surface area contributed by atoms with Crippen molar-refractivity contribution in [1.29, 1.82) is 0 Å². The molecular formula is C83H97Cl3N10O23S2. The molecule has 0 spiro atoms. The number of amides is 7. The lowest BCUT2D eigenvalue weighted by Crippen LogP contribution is -2.65. The Morgan fingerprint density at radius 2 is 1.34 bits per heavy atom. The lowest BCUT2D eigenvalue weighted by Gasteiger charge is -2.48. The quantitative estimate of drug-likeness (QED) is 0.0191. The number of likely N-dealkylation sites (N-methyl/N-ethyl adjacent to an activating group) is 1. The Bertz CT molecular complexity index is 5030. The second kappa shape index (κ2) is 39.4. The summed E-state index contributed by atoms with van der Waals surface area (Å²) in [5, 5.41) is 128. The number of nitrogens with one attached hydrogen (secondary N) is 8. The number of nitrogens with two attached hydrogens (primary N) is 1. The van der Waals surface area contributed by atoms with Gasteiger partial charge < -0.3 is 123 Å². The van der Waals surface area contributed by atoms with Gasteiger partial charge in [0.15, 0.2) is 34.3 Å². The van der Waals surface area contributed by atoms with Crippen molar-refractivity contribution in [3.8, 4) is 57.1 Å². The topological polar surface area (TPSA) is 509 Å². The number of thiazole rings is 1. The molecule has 11 bridgehead atoms. The number of unbranched alkanes of at least 4 members (excludes halogenated alkanes) is 7. The smallest absolute Gasteiger partial charge is 0.330 e. The van der Waals surface area contributed by atoms with Gasteiger partial charge in [-0.2, -0.15) is 0 Å². The molecule has 8 heterocycles. The van der Waals surface area contributed by atoms with Gasteiger partial charge in [-0.15, -0.1) is 11.3 Å². The van der Waals surface area contributed by atoms with Crippen LogP contribution in [0.2, 0.25) is 15.1 Å². The van der Waals surface area contributed by atoms with E-state index in [1.807, 2.05) is 13.8 Å². The number of aromatic hydroxyl groups is 3. The Balaban J connectivity index is 1.06. The minimum atomic E-state index is -2.35. The fraction of sp³-hybridized carbons (Fsp3) is 0.458. The van der Waals surface area contributed by atoms with E-state index in [0.29, 0.717) is 21.4 Å². The molecule has 121 heavy (non-hydrogen) atoms. The lowest BCUT2D eigenvalue weighted by atomic mass is 9.85. The van der Waals surface area contributed by atoms with Crippen LogP contribution in [0.4, 0.5) is 0 Å². The molecule has 19 N–H and O–H groups in total. The zero-order valence-corrected chi connectivity index (χ0v) is 70.4. The molecule has 0 radical (unpaired) electrons. The van der Waals surface area contributed by atoms with Gasteiger partial charge in [0.2, 0.25) is 53.4 Å². The Hall–Kier alpha value is -9.41. The number of halogens is 3. The van der Waals surface area contributed by atoms with E-state index in [2.05, 4.69) is 49.5 Å². The van der Waals surface area contributed by atoms with E-state index in [1.54, 1.807) is 32.0 Å². The normalized spacial score (nSPS) is 26.6. The maximum absolute atomic E-state index is 16.4. The number of thioether (sulfide) groups is 1. The fourth-order valence-electron chi connectivity index (χ4n) is 15.4. The van der Waals surface area contributed by atoms with E-state index in [1.165, 1.54) is 48.7 Å². The molecule has 14 rings (SSSR count). The van der Waals surface area contributed by atoms with Gasteiger partial charge in [-0.1, -0.05) is 130 Å². The van der Waals surface area contributed by atoms with Gasteiger partial charge >= 0.3 is 5.97 Å². The Morgan fingerprint density at radius 3 is 1.98 bits per heavy atom. The average Bonchev–Trinajstić information content (AvgIpc) is 0.854. The number of benzene rings is 6. The first-order valence-corrected chi connectivity index (χ1v) is 42.5. The zero-order chi connectivity index (χ0) is 87.2. The number of ether oxygens (including phenoxy) is 6. The number of carboxylic acids is 1. The standard InChI is InChI=1S/C83H97Cl3N10O23S2/c1-7-8-9-10-11-12-13-14-23-89-83(5)34-60(114-37(4)73(83)105)118-72-70(104)69(103)57(35-120-82-91-48-30-42(84)18-22-58(48)121-82)117-81(72)119-71-55-28-41-29-56(71)116-54-21-17-40(27-47(54)86)68(102)66-79(111)94-64(80(112)113)45-31-43(97)32-52(99)61(45)44-25-38(15-19-51(44)98)62(76(108)96-66)93-77(109)63(41)92-75(107)50(33-59(87)100)90-78(110)65(95-74(106)49(88-6)24-36(2)3)67(101)39-16-20-53(115-55)46(85)26-39/h15-22,25-32,36-37,49-50,57,60,62-70,72-73,81,88-89,97-99,101-105H,7-14,23-24,33-35H2,1-6H3,(H2,87,100)(H,90,110)(H,92,107)(H,93,109)(H,94,111)(H,95,106)(H,96,108)(H,112,113)/t37?,49-,50-,57?,60?,62?,63+,64+,65+,66-,67+,68+,69?,70?,72?,73?,81?,83?/m0/s1. The number of hydrogen-bond donors (Lipinski definition) is 18. The van der Waals surface area contributed by atoms with Crippen molar-refractivity contribution < 1.29 is 113 Å². The summed E-state index contributed by atoms with van der Waals surface area (Å²) in [5.74, 6) is -15.8. The van der Waals surface area contributed by atoms with E-state index in [4.69, 9.17) is 73.9 Å². The van der Waals surface area contributed by atoms with E-state index >= 15 is 24.0 Å². The molecule has 10 unspecified atom stereocenters. The first-order chi connectivity index (χ1) is 57.6. The first kappa shape index (κ1) is 90.8. The highest BCUT2D eigenvalue weighted by Crippen LogP contribution is 2.51. The number of carbonyl (C=O) groups is 8. The number of rotatable bonds is 25. The number of aliphatic carboxylic acids is 1. The van der Waals surface area contributed by atoms with Crippen LogP contribution >= 0.6 is 57.9 Å². The zero-order valence-electron chi connectivity index (χ0n) is 66.5.